The van der Waals surface area contributed by atoms with Crippen LogP contribution in [0.5, 0.6) is 5.75 Å². The molecule has 2 atom stereocenters. The summed E-state index contributed by atoms with van der Waals surface area (Å²) < 4.78 is 19.4. The minimum Gasteiger partial charge on any atom is -0.456 e. The molecule has 0 bridgehead atoms. The molecule has 0 saturated heterocycles. The molecule has 108 valence electrons. The van der Waals surface area contributed by atoms with Gasteiger partial charge in [-0.25, -0.2) is 4.39 Å². The summed E-state index contributed by atoms with van der Waals surface area (Å²) in [6.07, 6.45) is 5.27. The first-order valence-electron chi connectivity index (χ1n) is 6.94. The van der Waals surface area contributed by atoms with Crippen LogP contribution in [0.25, 0.3) is 6.08 Å². The van der Waals surface area contributed by atoms with E-state index in [0.29, 0.717) is 17.2 Å². The molecular formula is C18H17FO2. The Bertz CT molecular complexity index is 697. The molecule has 1 heterocycles. The minimum absolute atomic E-state index is 0.0536. The zero-order valence-corrected chi connectivity index (χ0v) is 11.9. The number of benzene rings is 1. The molecule has 1 aromatic carbocycles. The molecule has 0 radical (unpaired) electrons. The molecule has 0 amide bonds. The van der Waals surface area contributed by atoms with Crippen molar-refractivity contribution in [2.45, 2.75) is 19.4 Å². The van der Waals surface area contributed by atoms with E-state index in [-0.39, 0.29) is 11.3 Å². The third-order valence-corrected chi connectivity index (χ3v) is 3.98. The van der Waals surface area contributed by atoms with E-state index < -0.39 is 11.9 Å². The van der Waals surface area contributed by atoms with Crippen molar-refractivity contribution in [1.82, 2.24) is 0 Å². The largest absolute Gasteiger partial charge is 0.456 e. The van der Waals surface area contributed by atoms with Gasteiger partial charge in [0.25, 0.3) is 0 Å². The fourth-order valence-electron chi connectivity index (χ4n) is 2.97. The van der Waals surface area contributed by atoms with E-state index in [4.69, 9.17) is 4.74 Å². The second kappa shape index (κ2) is 5.01. The maximum atomic E-state index is 13.7. The van der Waals surface area contributed by atoms with Gasteiger partial charge in [0.15, 0.2) is 0 Å². The van der Waals surface area contributed by atoms with Gasteiger partial charge in [-0.1, -0.05) is 38.3 Å². The van der Waals surface area contributed by atoms with E-state index in [0.717, 1.165) is 17.5 Å². The highest BCUT2D eigenvalue weighted by atomic mass is 19.1. The molecule has 3 heteroatoms. The molecule has 2 nitrogen and oxygen atoms in total. The van der Waals surface area contributed by atoms with Crippen molar-refractivity contribution in [3.8, 4) is 5.75 Å². The van der Waals surface area contributed by atoms with Crippen LogP contribution in [0.2, 0.25) is 0 Å². The number of ether oxygens (including phenoxy) is 1. The quantitative estimate of drug-likeness (QED) is 0.880. The average Bonchev–Trinajstić information content (AvgIpc) is 2.45. The van der Waals surface area contributed by atoms with E-state index in [1.807, 2.05) is 18.2 Å². The van der Waals surface area contributed by atoms with Crippen LogP contribution in [-0.4, -0.2) is 5.11 Å². The average molecular weight is 284 g/mol. The molecule has 1 N–H and O–H groups in total. The lowest BCUT2D eigenvalue weighted by molar-refractivity contribution is 0.192. The first-order chi connectivity index (χ1) is 10.0. The van der Waals surface area contributed by atoms with E-state index in [1.165, 1.54) is 6.08 Å². The van der Waals surface area contributed by atoms with Crippen LogP contribution in [0.4, 0.5) is 4.39 Å². The zero-order valence-electron chi connectivity index (χ0n) is 11.9. The lowest BCUT2D eigenvalue weighted by Gasteiger charge is -2.29. The standard InChI is InChI=1S/C18H17FO2/c1-4-14-16(11(3)19)18(20)17-13-7-5-10(2)9-12(13)6-8-15(17)21-14/h4-8,10,18,20H,1,3,9H2,2H3. The van der Waals surface area contributed by atoms with Crippen LogP contribution in [0.1, 0.15) is 29.7 Å². The molecule has 0 spiro atoms. The van der Waals surface area contributed by atoms with Crippen LogP contribution >= 0.6 is 0 Å². The highest BCUT2D eigenvalue weighted by Crippen LogP contribution is 2.45. The highest BCUT2D eigenvalue weighted by Gasteiger charge is 2.32. The summed E-state index contributed by atoms with van der Waals surface area (Å²) in [5.74, 6) is 0.511. The minimum atomic E-state index is -1.09. The van der Waals surface area contributed by atoms with Crippen molar-refractivity contribution in [3.63, 3.8) is 0 Å². The van der Waals surface area contributed by atoms with E-state index in [1.54, 1.807) is 0 Å². The fourth-order valence-corrected chi connectivity index (χ4v) is 2.97. The molecule has 1 aliphatic heterocycles. The van der Waals surface area contributed by atoms with Gasteiger partial charge in [0, 0.05) is 5.56 Å². The molecule has 0 saturated carbocycles. The maximum Gasteiger partial charge on any atom is 0.135 e. The monoisotopic (exact) mass is 284 g/mol. The lowest BCUT2D eigenvalue weighted by atomic mass is 9.83. The van der Waals surface area contributed by atoms with Crippen molar-refractivity contribution < 1.29 is 14.2 Å². The Morgan fingerprint density at radius 2 is 2.24 bits per heavy atom. The molecule has 1 aromatic rings. The Balaban J connectivity index is 2.19. The first kappa shape index (κ1) is 13.8. The van der Waals surface area contributed by atoms with Gasteiger partial charge in [0.1, 0.15) is 23.4 Å². The predicted octanol–water partition coefficient (Wildman–Crippen LogP) is 4.24. The van der Waals surface area contributed by atoms with Crippen LogP contribution in [0.15, 0.2) is 54.6 Å². The van der Waals surface area contributed by atoms with Gasteiger partial charge in [0.05, 0.1) is 5.57 Å². The Morgan fingerprint density at radius 3 is 2.90 bits per heavy atom. The Labute approximate surface area is 123 Å². The van der Waals surface area contributed by atoms with E-state index in [2.05, 4.69) is 26.2 Å². The Hall–Kier alpha value is -2.13. The zero-order chi connectivity index (χ0) is 15.1. The smallest absolute Gasteiger partial charge is 0.135 e. The number of aliphatic hydroxyl groups excluding tert-OH is 1. The number of hydrogen-bond acceptors (Lipinski definition) is 2. The molecule has 1 aliphatic carbocycles. The van der Waals surface area contributed by atoms with Crippen molar-refractivity contribution in [2.75, 3.05) is 0 Å². The van der Waals surface area contributed by atoms with Gasteiger partial charge < -0.3 is 9.84 Å². The van der Waals surface area contributed by atoms with E-state index in [9.17, 15) is 9.50 Å². The number of hydrogen-bond donors (Lipinski definition) is 1. The summed E-state index contributed by atoms with van der Waals surface area (Å²) in [4.78, 5) is 0. The van der Waals surface area contributed by atoms with Crippen LogP contribution in [-0.2, 0) is 6.42 Å². The van der Waals surface area contributed by atoms with Gasteiger partial charge in [-0.05, 0) is 35.6 Å². The Kier molecular flexibility index (Phi) is 3.30. The summed E-state index contributed by atoms with van der Waals surface area (Å²) in [5, 5.41) is 10.6. The van der Waals surface area contributed by atoms with Crippen molar-refractivity contribution in [2.24, 2.45) is 5.92 Å². The van der Waals surface area contributed by atoms with Crippen LogP contribution < -0.4 is 4.74 Å². The predicted molar refractivity (Wildman–Crippen MR) is 81.4 cm³/mol. The van der Waals surface area contributed by atoms with Crippen molar-refractivity contribution >= 4 is 6.08 Å². The molecule has 21 heavy (non-hydrogen) atoms. The van der Waals surface area contributed by atoms with Gasteiger partial charge in [0.2, 0.25) is 0 Å². The third kappa shape index (κ3) is 2.14. The third-order valence-electron chi connectivity index (χ3n) is 3.98. The second-order valence-electron chi connectivity index (χ2n) is 5.48. The molecule has 0 aromatic heterocycles. The second-order valence-corrected chi connectivity index (χ2v) is 5.48. The summed E-state index contributed by atoms with van der Waals surface area (Å²) in [7, 11) is 0. The Morgan fingerprint density at radius 1 is 1.48 bits per heavy atom. The van der Waals surface area contributed by atoms with Gasteiger partial charge >= 0.3 is 0 Å². The summed E-state index contributed by atoms with van der Waals surface area (Å²) >= 11 is 0. The maximum absolute atomic E-state index is 13.7. The number of halogens is 1. The SMILES string of the molecule is C=CC1=C(C(=C)F)C(O)c2c(ccc3c2C=CC(C)C3)O1. The molecule has 2 aliphatic rings. The van der Waals surface area contributed by atoms with Crippen LogP contribution in [0.3, 0.4) is 0 Å². The number of allylic oxidation sites excluding steroid dienone is 2. The lowest BCUT2D eigenvalue weighted by Crippen LogP contribution is -2.18. The highest BCUT2D eigenvalue weighted by molar-refractivity contribution is 5.67. The normalized spacial score (nSPS) is 23.2. The topological polar surface area (TPSA) is 29.5 Å². The first-order valence-corrected chi connectivity index (χ1v) is 6.94. The van der Waals surface area contributed by atoms with Crippen molar-refractivity contribution in [1.29, 1.82) is 0 Å². The summed E-state index contributed by atoms with van der Waals surface area (Å²) in [6.45, 7) is 9.04. The summed E-state index contributed by atoms with van der Waals surface area (Å²) in [6, 6.07) is 3.82. The van der Waals surface area contributed by atoms with Crippen LogP contribution in [0, 0.1) is 5.92 Å². The fraction of sp³-hybridized carbons (Fsp3) is 0.222. The molecule has 2 unspecified atom stereocenters. The number of fused-ring (bicyclic) bond motifs is 3. The summed E-state index contributed by atoms with van der Waals surface area (Å²) in [5.41, 5.74) is 2.71. The van der Waals surface area contributed by atoms with Gasteiger partial charge in [-0.15, -0.1) is 0 Å². The van der Waals surface area contributed by atoms with Gasteiger partial charge in [-0.3, -0.25) is 0 Å². The number of rotatable bonds is 2. The molecule has 3 rings (SSSR count). The number of aliphatic hydroxyl groups is 1. The molecule has 0 fully saturated rings. The van der Waals surface area contributed by atoms with Crippen molar-refractivity contribution in [3.05, 3.63) is 71.3 Å². The van der Waals surface area contributed by atoms with E-state index >= 15 is 0 Å². The van der Waals surface area contributed by atoms with Gasteiger partial charge in [-0.2, -0.15) is 0 Å². The molecular weight excluding hydrogens is 267 g/mol.